The number of nitrogens with one attached hydrogen (secondary N) is 1. The third-order valence-corrected chi connectivity index (χ3v) is 4.64. The molecule has 112 valence electrons. The Hall–Kier alpha value is -1.61. The molecule has 0 aliphatic rings. The predicted molar refractivity (Wildman–Crippen MR) is 91.3 cm³/mol. The fourth-order valence-corrected chi connectivity index (χ4v) is 2.83. The van der Waals surface area contributed by atoms with Gasteiger partial charge in [-0.25, -0.2) is 0 Å². The van der Waals surface area contributed by atoms with E-state index >= 15 is 0 Å². The fourth-order valence-electron chi connectivity index (χ4n) is 2.31. The molecule has 0 saturated heterocycles. The summed E-state index contributed by atoms with van der Waals surface area (Å²) in [5.74, 6) is 0. The third kappa shape index (κ3) is 4.18. The second-order valence-electron chi connectivity index (χ2n) is 5.15. The Bertz CT molecular complexity index is 620. The summed E-state index contributed by atoms with van der Waals surface area (Å²) in [5.41, 5.74) is 5.12. The van der Waals surface area contributed by atoms with E-state index in [1.807, 2.05) is 24.3 Å². The lowest BCUT2D eigenvalue weighted by atomic mass is 10.0. The normalized spacial score (nSPS) is 12.1. The average Bonchev–Trinajstić information content (AvgIpc) is 2.52. The van der Waals surface area contributed by atoms with E-state index in [2.05, 4.69) is 37.4 Å². The van der Waals surface area contributed by atoms with E-state index in [9.17, 15) is 4.21 Å². The van der Waals surface area contributed by atoms with Crippen LogP contribution in [-0.4, -0.2) is 10.5 Å². The minimum absolute atomic E-state index is 0.788. The van der Waals surface area contributed by atoms with E-state index in [4.69, 9.17) is 0 Å². The van der Waals surface area contributed by atoms with Crippen LogP contribution in [0.25, 0.3) is 0 Å². The van der Waals surface area contributed by atoms with Gasteiger partial charge in [-0.1, -0.05) is 38.1 Å². The van der Waals surface area contributed by atoms with Gasteiger partial charge in [0, 0.05) is 34.2 Å². The highest BCUT2D eigenvalue weighted by molar-refractivity contribution is 7.84. The largest absolute Gasteiger partial charge is 0.381 e. The van der Waals surface area contributed by atoms with E-state index in [1.54, 1.807) is 6.26 Å². The second kappa shape index (κ2) is 7.41. The van der Waals surface area contributed by atoms with Crippen LogP contribution in [0, 0.1) is 0 Å². The molecule has 0 aromatic heterocycles. The maximum Gasteiger partial charge on any atom is 0.0498 e. The molecule has 0 fully saturated rings. The molecular formula is C18H23NOS. The van der Waals surface area contributed by atoms with Crippen LogP contribution in [0.15, 0.2) is 47.4 Å². The molecule has 0 aliphatic carbocycles. The second-order valence-corrected chi connectivity index (χ2v) is 6.53. The van der Waals surface area contributed by atoms with Gasteiger partial charge >= 0.3 is 0 Å². The summed E-state index contributed by atoms with van der Waals surface area (Å²) in [6.07, 6.45) is 3.78. The molecule has 0 amide bonds. The lowest BCUT2D eigenvalue weighted by molar-refractivity contribution is 0.687. The predicted octanol–water partition coefficient (Wildman–Crippen LogP) is 4.16. The van der Waals surface area contributed by atoms with E-state index in [0.29, 0.717) is 0 Å². The van der Waals surface area contributed by atoms with Gasteiger partial charge in [-0.2, -0.15) is 0 Å². The third-order valence-electron chi connectivity index (χ3n) is 3.70. The van der Waals surface area contributed by atoms with Crippen LogP contribution in [0.4, 0.5) is 5.69 Å². The van der Waals surface area contributed by atoms with Gasteiger partial charge in [0.15, 0.2) is 0 Å². The summed E-state index contributed by atoms with van der Waals surface area (Å²) in [7, 11) is -0.907. The van der Waals surface area contributed by atoms with Crippen molar-refractivity contribution in [2.45, 2.75) is 38.1 Å². The maximum atomic E-state index is 11.4. The number of hydrogen-bond donors (Lipinski definition) is 1. The molecule has 0 bridgehead atoms. The minimum Gasteiger partial charge on any atom is -0.381 e. The zero-order valence-electron chi connectivity index (χ0n) is 13.0. The average molecular weight is 301 g/mol. The zero-order valence-corrected chi connectivity index (χ0v) is 13.8. The Kier molecular flexibility index (Phi) is 5.57. The number of benzene rings is 2. The summed E-state index contributed by atoms with van der Waals surface area (Å²) < 4.78 is 11.4. The van der Waals surface area contributed by atoms with Gasteiger partial charge in [0.1, 0.15) is 0 Å². The van der Waals surface area contributed by atoms with Crippen molar-refractivity contribution >= 4 is 16.5 Å². The highest BCUT2D eigenvalue weighted by Crippen LogP contribution is 2.20. The number of hydrogen-bond acceptors (Lipinski definition) is 2. The molecule has 2 aromatic carbocycles. The molecule has 0 aliphatic heterocycles. The molecule has 0 radical (unpaired) electrons. The molecule has 1 N–H and O–H groups in total. The minimum atomic E-state index is -0.907. The molecule has 2 rings (SSSR count). The van der Waals surface area contributed by atoms with Gasteiger partial charge in [0.25, 0.3) is 0 Å². The molecule has 3 heteroatoms. The Morgan fingerprint density at radius 3 is 2.19 bits per heavy atom. The Balaban J connectivity index is 2.10. The quantitative estimate of drug-likeness (QED) is 0.868. The monoisotopic (exact) mass is 301 g/mol. The Labute approximate surface area is 130 Å². The Morgan fingerprint density at radius 2 is 1.62 bits per heavy atom. The van der Waals surface area contributed by atoms with Gasteiger partial charge in [-0.3, -0.25) is 4.21 Å². The van der Waals surface area contributed by atoms with Crippen LogP contribution >= 0.6 is 0 Å². The molecule has 0 heterocycles. The summed E-state index contributed by atoms with van der Waals surface area (Å²) in [6.45, 7) is 5.14. The number of aryl methyl sites for hydroxylation is 2. The summed E-state index contributed by atoms with van der Waals surface area (Å²) >= 11 is 0. The van der Waals surface area contributed by atoms with Gasteiger partial charge in [-0.15, -0.1) is 0 Å². The SMILES string of the molecule is CCc1ccc(CC)c(NCc2ccc([S@@](C)=O)cc2)c1. The highest BCUT2D eigenvalue weighted by atomic mass is 32.2. The first kappa shape index (κ1) is 15.8. The smallest absolute Gasteiger partial charge is 0.0498 e. The van der Waals surface area contributed by atoms with Crippen molar-refractivity contribution in [2.24, 2.45) is 0 Å². The topological polar surface area (TPSA) is 29.1 Å². The van der Waals surface area contributed by atoms with Crippen molar-refractivity contribution < 1.29 is 4.21 Å². The standard InChI is InChI=1S/C18H23NOS/c1-4-14-6-9-16(5-2)18(12-14)19-13-15-7-10-17(11-8-15)21(3)20/h6-12,19H,4-5,13H2,1-3H3/t21-/m1/s1. The molecule has 1 atom stereocenters. The van der Waals surface area contributed by atoms with E-state index < -0.39 is 10.8 Å². The fraction of sp³-hybridized carbons (Fsp3) is 0.333. The summed E-state index contributed by atoms with van der Waals surface area (Å²) in [6, 6.07) is 14.6. The van der Waals surface area contributed by atoms with Crippen LogP contribution in [-0.2, 0) is 30.2 Å². The van der Waals surface area contributed by atoms with Gasteiger partial charge < -0.3 is 5.32 Å². The number of rotatable bonds is 6. The number of anilines is 1. The molecular weight excluding hydrogens is 278 g/mol. The van der Waals surface area contributed by atoms with Crippen LogP contribution < -0.4 is 5.32 Å². The molecule has 2 nitrogen and oxygen atoms in total. The lowest BCUT2D eigenvalue weighted by Gasteiger charge is -2.13. The van der Waals surface area contributed by atoms with E-state index in [0.717, 1.165) is 24.3 Å². The zero-order chi connectivity index (χ0) is 15.2. The molecule has 0 saturated carbocycles. The van der Waals surface area contributed by atoms with Crippen LogP contribution in [0.5, 0.6) is 0 Å². The van der Waals surface area contributed by atoms with Gasteiger partial charge in [-0.05, 0) is 47.7 Å². The lowest BCUT2D eigenvalue weighted by Crippen LogP contribution is -2.03. The molecule has 0 spiro atoms. The van der Waals surface area contributed by atoms with Crippen LogP contribution in [0.1, 0.15) is 30.5 Å². The van der Waals surface area contributed by atoms with Crippen LogP contribution in [0.3, 0.4) is 0 Å². The van der Waals surface area contributed by atoms with Crippen molar-refractivity contribution in [3.05, 3.63) is 59.2 Å². The van der Waals surface area contributed by atoms with Crippen LogP contribution in [0.2, 0.25) is 0 Å². The first-order chi connectivity index (χ1) is 10.1. The van der Waals surface area contributed by atoms with Crippen molar-refractivity contribution in [1.29, 1.82) is 0 Å². The first-order valence-corrected chi connectivity index (χ1v) is 8.97. The van der Waals surface area contributed by atoms with Crippen molar-refractivity contribution in [3.8, 4) is 0 Å². The van der Waals surface area contributed by atoms with E-state index in [1.165, 1.54) is 22.4 Å². The first-order valence-electron chi connectivity index (χ1n) is 7.42. The summed E-state index contributed by atoms with van der Waals surface area (Å²) in [5, 5.41) is 3.53. The molecule has 21 heavy (non-hydrogen) atoms. The van der Waals surface area contributed by atoms with Gasteiger partial charge in [0.2, 0.25) is 0 Å². The van der Waals surface area contributed by atoms with Crippen molar-refractivity contribution in [2.75, 3.05) is 11.6 Å². The Morgan fingerprint density at radius 1 is 0.952 bits per heavy atom. The molecule has 0 unspecified atom stereocenters. The van der Waals surface area contributed by atoms with Gasteiger partial charge in [0.05, 0.1) is 0 Å². The maximum absolute atomic E-state index is 11.4. The van der Waals surface area contributed by atoms with Crippen molar-refractivity contribution in [1.82, 2.24) is 0 Å². The van der Waals surface area contributed by atoms with E-state index in [-0.39, 0.29) is 0 Å². The van der Waals surface area contributed by atoms with Crippen molar-refractivity contribution in [3.63, 3.8) is 0 Å². The highest BCUT2D eigenvalue weighted by Gasteiger charge is 2.03. The summed E-state index contributed by atoms with van der Waals surface area (Å²) in [4.78, 5) is 0.876. The molecule has 2 aromatic rings.